The number of β-lactam (4-membered cyclic amide) rings is 1. The Morgan fingerprint density at radius 1 is 1.00 bits per heavy atom. The van der Waals surface area contributed by atoms with Crippen LogP contribution in [0.25, 0.3) is 0 Å². The number of amides is 2. The first-order chi connectivity index (χ1) is 14.7. The number of nitrogens with zero attached hydrogens (tertiary/aromatic N) is 1. The normalized spacial score (nSPS) is 16.2. The lowest BCUT2D eigenvalue weighted by molar-refractivity contribution is -0.147. The molecule has 2 amide bonds. The van der Waals surface area contributed by atoms with Crippen LogP contribution in [0.4, 0.5) is 0 Å². The number of hydrogen-bond acceptors (Lipinski definition) is 3. The van der Waals surface area contributed by atoms with Crippen molar-refractivity contribution in [3.8, 4) is 0 Å². The molecule has 164 valence electrons. The van der Waals surface area contributed by atoms with E-state index in [4.69, 9.17) is 4.43 Å². The van der Waals surface area contributed by atoms with Gasteiger partial charge in [-0.3, -0.25) is 14.5 Å². The van der Waals surface area contributed by atoms with Crippen molar-refractivity contribution >= 4 is 30.5 Å². The van der Waals surface area contributed by atoms with Crippen molar-refractivity contribution in [3.63, 3.8) is 0 Å². The summed E-state index contributed by atoms with van der Waals surface area (Å²) in [7, 11) is -2.65. The monoisotopic (exact) mass is 435 g/mol. The maximum atomic E-state index is 12.6. The highest BCUT2D eigenvalue weighted by Gasteiger charge is 2.50. The third-order valence-corrected chi connectivity index (χ3v) is 11.0. The molecule has 1 fully saturated rings. The minimum atomic E-state index is -2.65. The van der Waals surface area contributed by atoms with E-state index in [1.807, 2.05) is 26.0 Å². The van der Waals surface area contributed by atoms with Crippen molar-refractivity contribution in [2.24, 2.45) is 0 Å². The summed E-state index contributed by atoms with van der Waals surface area (Å²) in [6.07, 6.45) is 1.16. The van der Waals surface area contributed by atoms with Gasteiger partial charge in [0, 0.05) is 12.0 Å². The van der Waals surface area contributed by atoms with Crippen LogP contribution in [0.1, 0.15) is 47.5 Å². The number of benzene rings is 2. The molecule has 4 nitrogen and oxygen atoms in total. The quantitative estimate of drug-likeness (QED) is 0.374. The second kappa shape index (κ2) is 9.33. The number of likely N-dealkylation sites (tertiary alicyclic amines) is 1. The largest absolute Gasteiger partial charge is 0.403 e. The molecule has 0 spiro atoms. The fourth-order valence-corrected chi connectivity index (χ4v) is 8.89. The van der Waals surface area contributed by atoms with Crippen molar-refractivity contribution in [2.75, 3.05) is 13.2 Å². The van der Waals surface area contributed by atoms with Crippen LogP contribution in [0.3, 0.4) is 0 Å². The predicted octanol–water partition coefficient (Wildman–Crippen LogP) is 4.05. The molecule has 0 aromatic heterocycles. The Bertz CT molecular complexity index is 922. The summed E-state index contributed by atoms with van der Waals surface area (Å²) in [4.78, 5) is 26.0. The molecule has 0 radical (unpaired) electrons. The predicted molar refractivity (Wildman–Crippen MR) is 128 cm³/mol. The Labute approximate surface area is 187 Å². The summed E-state index contributed by atoms with van der Waals surface area (Å²) in [5, 5.41) is 2.31. The number of carbonyl (C=O) groups excluding carboxylic acids is 2. The SMILES string of the molecule is CCCC(=O)N1CC(=C(C)CO[Si](c2ccccc2)(c2ccccc2)C(C)(C)C)C1=O. The minimum Gasteiger partial charge on any atom is -0.403 e. The molecular weight excluding hydrogens is 402 g/mol. The van der Waals surface area contributed by atoms with Crippen LogP contribution in [0.2, 0.25) is 5.04 Å². The fourth-order valence-electron chi connectivity index (χ4n) is 4.30. The lowest BCUT2D eigenvalue weighted by Crippen LogP contribution is -2.66. The molecule has 1 heterocycles. The highest BCUT2D eigenvalue weighted by Crippen LogP contribution is 2.37. The molecule has 1 saturated heterocycles. The minimum absolute atomic E-state index is 0.0862. The summed E-state index contributed by atoms with van der Waals surface area (Å²) < 4.78 is 6.90. The molecule has 0 aliphatic carbocycles. The van der Waals surface area contributed by atoms with Crippen LogP contribution in [-0.2, 0) is 14.0 Å². The van der Waals surface area contributed by atoms with Gasteiger partial charge in [0.25, 0.3) is 14.2 Å². The second-order valence-corrected chi connectivity index (χ2v) is 13.6. The molecule has 0 atom stereocenters. The smallest absolute Gasteiger partial charge is 0.261 e. The van der Waals surface area contributed by atoms with Crippen molar-refractivity contribution in [2.45, 2.75) is 52.5 Å². The first-order valence-corrected chi connectivity index (χ1v) is 12.9. The van der Waals surface area contributed by atoms with Gasteiger partial charge in [-0.05, 0) is 34.3 Å². The highest BCUT2D eigenvalue weighted by atomic mass is 28.4. The third-order valence-electron chi connectivity index (χ3n) is 6.02. The molecule has 0 saturated carbocycles. The van der Waals surface area contributed by atoms with E-state index in [2.05, 4.69) is 69.3 Å². The van der Waals surface area contributed by atoms with E-state index in [0.717, 1.165) is 12.0 Å². The topological polar surface area (TPSA) is 46.6 Å². The summed E-state index contributed by atoms with van der Waals surface area (Å²) in [6.45, 7) is 11.4. The molecule has 5 heteroatoms. The van der Waals surface area contributed by atoms with Crippen LogP contribution < -0.4 is 10.4 Å². The first kappa shape index (κ1) is 23.2. The van der Waals surface area contributed by atoms with Crippen LogP contribution in [0.5, 0.6) is 0 Å². The van der Waals surface area contributed by atoms with Crippen molar-refractivity contribution in [3.05, 3.63) is 71.8 Å². The Kier molecular flexibility index (Phi) is 6.97. The Morgan fingerprint density at radius 3 is 1.94 bits per heavy atom. The molecule has 1 aliphatic heterocycles. The Hall–Kier alpha value is -2.50. The van der Waals surface area contributed by atoms with Gasteiger partial charge in [-0.2, -0.15) is 0 Å². The van der Waals surface area contributed by atoms with Crippen LogP contribution in [-0.4, -0.2) is 38.2 Å². The molecule has 2 aromatic rings. The summed E-state index contributed by atoms with van der Waals surface area (Å²) in [6, 6.07) is 20.9. The van der Waals surface area contributed by atoms with Gasteiger partial charge in [0.15, 0.2) is 0 Å². The van der Waals surface area contributed by atoms with E-state index in [1.54, 1.807) is 0 Å². The summed E-state index contributed by atoms with van der Waals surface area (Å²) >= 11 is 0. The van der Waals surface area contributed by atoms with Crippen LogP contribution >= 0.6 is 0 Å². The summed E-state index contributed by atoms with van der Waals surface area (Å²) in [5.74, 6) is -0.251. The van der Waals surface area contributed by atoms with Gasteiger partial charge < -0.3 is 4.43 Å². The lowest BCUT2D eigenvalue weighted by Gasteiger charge is -2.43. The van der Waals surface area contributed by atoms with Crippen LogP contribution in [0, 0.1) is 0 Å². The molecule has 0 N–H and O–H groups in total. The Balaban J connectivity index is 1.94. The average Bonchev–Trinajstić information content (AvgIpc) is 2.74. The zero-order valence-corrected chi connectivity index (χ0v) is 20.3. The third kappa shape index (κ3) is 4.43. The highest BCUT2D eigenvalue weighted by molar-refractivity contribution is 6.99. The molecule has 0 bridgehead atoms. The van der Waals surface area contributed by atoms with E-state index in [9.17, 15) is 9.59 Å². The van der Waals surface area contributed by atoms with E-state index in [0.29, 0.717) is 25.1 Å². The van der Waals surface area contributed by atoms with Gasteiger partial charge in [0.1, 0.15) is 0 Å². The fraction of sp³-hybridized carbons (Fsp3) is 0.385. The van der Waals surface area contributed by atoms with Gasteiger partial charge in [-0.15, -0.1) is 0 Å². The van der Waals surface area contributed by atoms with Gasteiger partial charge in [-0.25, -0.2) is 0 Å². The molecule has 3 rings (SSSR count). The van der Waals surface area contributed by atoms with E-state index >= 15 is 0 Å². The van der Waals surface area contributed by atoms with Gasteiger partial charge in [-0.1, -0.05) is 88.4 Å². The second-order valence-electron chi connectivity index (χ2n) is 9.25. The number of hydrogen-bond donors (Lipinski definition) is 0. The van der Waals surface area contributed by atoms with Crippen molar-refractivity contribution in [1.82, 2.24) is 4.90 Å². The first-order valence-electron chi connectivity index (χ1n) is 11.0. The van der Waals surface area contributed by atoms with E-state index in [1.165, 1.54) is 15.3 Å². The number of imide groups is 1. The number of carbonyl (C=O) groups is 2. The lowest BCUT2D eigenvalue weighted by atomic mass is 10.0. The Morgan fingerprint density at radius 2 is 1.52 bits per heavy atom. The van der Waals surface area contributed by atoms with Gasteiger partial charge in [0.2, 0.25) is 5.91 Å². The molecule has 0 unspecified atom stereocenters. The maximum absolute atomic E-state index is 12.6. The molecule has 31 heavy (non-hydrogen) atoms. The zero-order valence-electron chi connectivity index (χ0n) is 19.3. The van der Waals surface area contributed by atoms with Gasteiger partial charge in [0.05, 0.1) is 13.2 Å². The molecule has 1 aliphatic rings. The van der Waals surface area contributed by atoms with Gasteiger partial charge >= 0.3 is 0 Å². The van der Waals surface area contributed by atoms with E-state index < -0.39 is 8.32 Å². The van der Waals surface area contributed by atoms with Crippen LogP contribution in [0.15, 0.2) is 71.8 Å². The maximum Gasteiger partial charge on any atom is 0.261 e. The number of rotatable bonds is 7. The van der Waals surface area contributed by atoms with Crippen molar-refractivity contribution < 1.29 is 14.0 Å². The summed E-state index contributed by atoms with van der Waals surface area (Å²) in [5.41, 5.74) is 1.63. The standard InChI is InChI=1S/C26H33NO3Si/c1-6-13-24(28)27-18-23(25(27)29)20(2)19-30-31(26(3,4)5,21-14-9-7-10-15-21)22-16-11-8-12-17-22/h7-12,14-17H,6,13,18-19H2,1-5H3. The molecular formula is C26H33NO3Si. The van der Waals surface area contributed by atoms with Crippen molar-refractivity contribution in [1.29, 1.82) is 0 Å². The van der Waals surface area contributed by atoms with E-state index in [-0.39, 0.29) is 16.9 Å². The zero-order chi connectivity index (χ0) is 22.6. The average molecular weight is 436 g/mol. The molecule has 2 aromatic carbocycles.